The maximum Gasteiger partial charge on any atom is 0.254 e. The quantitative estimate of drug-likeness (QED) is 0.751. The van der Waals surface area contributed by atoms with Crippen LogP contribution < -0.4 is 18.9 Å². The molecule has 0 atom stereocenters. The predicted molar refractivity (Wildman–Crippen MR) is 110 cm³/mol. The summed E-state index contributed by atoms with van der Waals surface area (Å²) < 4.78 is 57.2. The highest BCUT2D eigenvalue weighted by Gasteiger charge is 2.29. The number of benzene rings is 2. The first-order chi connectivity index (χ1) is 14.9. The Balaban J connectivity index is 1.41. The number of carbonyl (C=O) groups is 1. The van der Waals surface area contributed by atoms with E-state index in [9.17, 15) is 17.6 Å². The number of sulfonamides is 1. The van der Waals surface area contributed by atoms with Gasteiger partial charge in [-0.25, -0.2) is 17.5 Å². The summed E-state index contributed by atoms with van der Waals surface area (Å²) in [5.41, 5.74) is 0.423. The highest BCUT2D eigenvalue weighted by Crippen LogP contribution is 2.40. The number of nitrogens with one attached hydrogen (secondary N) is 1. The molecule has 10 heteroatoms. The monoisotopic (exact) mass is 450 g/mol. The van der Waals surface area contributed by atoms with E-state index in [1.165, 1.54) is 19.2 Å². The van der Waals surface area contributed by atoms with Crippen molar-refractivity contribution in [1.29, 1.82) is 0 Å². The van der Waals surface area contributed by atoms with Crippen molar-refractivity contribution in [3.8, 4) is 17.2 Å². The van der Waals surface area contributed by atoms with Crippen molar-refractivity contribution in [3.63, 3.8) is 0 Å². The lowest BCUT2D eigenvalue weighted by Crippen LogP contribution is -2.46. The van der Waals surface area contributed by atoms with Crippen molar-refractivity contribution in [2.45, 2.75) is 23.8 Å². The molecule has 1 amide bonds. The molecule has 0 aromatic heterocycles. The van der Waals surface area contributed by atoms with Crippen molar-refractivity contribution < 1.29 is 31.8 Å². The fourth-order valence-corrected chi connectivity index (χ4v) is 4.99. The van der Waals surface area contributed by atoms with Gasteiger partial charge in [-0.2, -0.15) is 0 Å². The second-order valence-corrected chi connectivity index (χ2v) is 9.06. The maximum atomic E-state index is 13.1. The molecule has 0 unspecified atom stereocenters. The van der Waals surface area contributed by atoms with Crippen LogP contribution in [-0.4, -0.2) is 58.7 Å². The lowest BCUT2D eigenvalue weighted by molar-refractivity contribution is 0.0709. The summed E-state index contributed by atoms with van der Waals surface area (Å²) in [6, 6.07) is 7.63. The number of amides is 1. The Morgan fingerprint density at radius 3 is 2.48 bits per heavy atom. The average Bonchev–Trinajstić information content (AvgIpc) is 2.78. The first-order valence-electron chi connectivity index (χ1n) is 9.92. The molecule has 2 aromatic rings. The van der Waals surface area contributed by atoms with Gasteiger partial charge in [-0.1, -0.05) is 0 Å². The number of nitrogens with zero attached hydrogens (tertiary/aromatic N) is 1. The standard InChI is InChI=1S/C21H23FN2O6S/c1-28-18-12-14(13-19-20(18)30-11-10-29-19)21(25)24-8-6-16(7-9-24)23-31(26,27)17-4-2-15(22)3-5-17/h2-5,12-13,16,23H,6-11H2,1H3. The molecule has 0 bridgehead atoms. The van der Waals surface area contributed by atoms with E-state index in [1.807, 2.05) is 0 Å². The minimum Gasteiger partial charge on any atom is -0.493 e. The molecule has 31 heavy (non-hydrogen) atoms. The van der Waals surface area contributed by atoms with E-state index in [2.05, 4.69) is 4.72 Å². The van der Waals surface area contributed by atoms with Gasteiger partial charge in [0, 0.05) is 24.7 Å². The molecule has 2 heterocycles. The summed E-state index contributed by atoms with van der Waals surface area (Å²) >= 11 is 0. The minimum atomic E-state index is -3.75. The molecule has 4 rings (SSSR count). The first kappa shape index (κ1) is 21.4. The van der Waals surface area contributed by atoms with Crippen LogP contribution in [0, 0.1) is 5.82 Å². The van der Waals surface area contributed by atoms with Gasteiger partial charge in [-0.15, -0.1) is 0 Å². The highest BCUT2D eigenvalue weighted by atomic mass is 32.2. The van der Waals surface area contributed by atoms with Gasteiger partial charge in [-0.05, 0) is 49.2 Å². The van der Waals surface area contributed by atoms with Crippen molar-refractivity contribution in [2.75, 3.05) is 33.4 Å². The van der Waals surface area contributed by atoms with Gasteiger partial charge in [0.25, 0.3) is 5.91 Å². The smallest absolute Gasteiger partial charge is 0.254 e. The lowest BCUT2D eigenvalue weighted by Gasteiger charge is -2.32. The van der Waals surface area contributed by atoms with Crippen LogP contribution in [0.5, 0.6) is 17.2 Å². The van der Waals surface area contributed by atoms with E-state index in [0.29, 0.717) is 62.0 Å². The SMILES string of the molecule is COc1cc(C(=O)N2CCC(NS(=O)(=O)c3ccc(F)cc3)CC2)cc2c1OCCO2. The Labute approximate surface area is 179 Å². The van der Waals surface area contributed by atoms with Crippen molar-refractivity contribution in [1.82, 2.24) is 9.62 Å². The first-order valence-corrected chi connectivity index (χ1v) is 11.4. The molecule has 166 valence electrons. The predicted octanol–water partition coefficient (Wildman–Crippen LogP) is 2.19. The van der Waals surface area contributed by atoms with Gasteiger partial charge in [0.05, 0.1) is 12.0 Å². The van der Waals surface area contributed by atoms with Crippen LogP contribution in [0.2, 0.25) is 0 Å². The maximum absolute atomic E-state index is 13.1. The van der Waals surface area contributed by atoms with Crippen molar-refractivity contribution in [2.24, 2.45) is 0 Å². The highest BCUT2D eigenvalue weighted by molar-refractivity contribution is 7.89. The average molecular weight is 450 g/mol. The molecule has 2 aliphatic heterocycles. The van der Waals surface area contributed by atoms with Crippen molar-refractivity contribution in [3.05, 3.63) is 47.8 Å². The summed E-state index contributed by atoms with van der Waals surface area (Å²) in [6.07, 6.45) is 0.932. The van der Waals surface area contributed by atoms with E-state index in [1.54, 1.807) is 17.0 Å². The van der Waals surface area contributed by atoms with E-state index >= 15 is 0 Å². The third-order valence-electron chi connectivity index (χ3n) is 5.30. The van der Waals surface area contributed by atoms with Crippen LogP contribution in [0.25, 0.3) is 0 Å². The number of likely N-dealkylation sites (tertiary alicyclic amines) is 1. The normalized spacial score (nSPS) is 16.8. The van der Waals surface area contributed by atoms with E-state index < -0.39 is 15.8 Å². The summed E-state index contributed by atoms with van der Waals surface area (Å²) in [5, 5.41) is 0. The van der Waals surface area contributed by atoms with Crippen LogP contribution >= 0.6 is 0 Å². The molecule has 2 aliphatic rings. The number of hydrogen-bond acceptors (Lipinski definition) is 6. The number of hydrogen-bond donors (Lipinski definition) is 1. The number of halogens is 1. The Kier molecular flexibility index (Phi) is 6.01. The zero-order valence-corrected chi connectivity index (χ0v) is 17.8. The van der Waals surface area contributed by atoms with Crippen molar-refractivity contribution >= 4 is 15.9 Å². The summed E-state index contributed by atoms with van der Waals surface area (Å²) in [5.74, 6) is 0.703. The van der Waals surface area contributed by atoms with Gasteiger partial charge in [0.2, 0.25) is 15.8 Å². The zero-order valence-electron chi connectivity index (χ0n) is 17.0. The van der Waals surface area contributed by atoms with Crippen LogP contribution in [0.4, 0.5) is 4.39 Å². The molecule has 0 radical (unpaired) electrons. The fourth-order valence-electron chi connectivity index (χ4n) is 3.68. The van der Waals surface area contributed by atoms with Crippen LogP contribution in [0.3, 0.4) is 0 Å². The second kappa shape index (κ2) is 8.72. The number of fused-ring (bicyclic) bond motifs is 1. The fraction of sp³-hybridized carbons (Fsp3) is 0.381. The number of methoxy groups -OCH3 is 1. The Morgan fingerprint density at radius 2 is 1.81 bits per heavy atom. The molecular formula is C21H23FN2O6S. The van der Waals surface area contributed by atoms with Crippen LogP contribution in [-0.2, 0) is 10.0 Å². The second-order valence-electron chi connectivity index (χ2n) is 7.34. The number of piperidine rings is 1. The van der Waals surface area contributed by atoms with E-state index in [4.69, 9.17) is 14.2 Å². The molecule has 1 saturated heterocycles. The van der Waals surface area contributed by atoms with E-state index in [-0.39, 0.29) is 16.8 Å². The molecule has 1 fully saturated rings. The molecule has 0 aliphatic carbocycles. The Hall–Kier alpha value is -2.85. The number of rotatable bonds is 5. The van der Waals surface area contributed by atoms with Gasteiger partial charge < -0.3 is 19.1 Å². The largest absolute Gasteiger partial charge is 0.493 e. The molecular weight excluding hydrogens is 427 g/mol. The minimum absolute atomic E-state index is 0.00998. The van der Waals surface area contributed by atoms with E-state index in [0.717, 1.165) is 12.1 Å². The Bertz CT molecular complexity index is 1050. The zero-order chi connectivity index (χ0) is 22.0. The lowest BCUT2D eigenvalue weighted by atomic mass is 10.0. The van der Waals surface area contributed by atoms with Gasteiger partial charge in [0.1, 0.15) is 19.0 Å². The molecule has 0 spiro atoms. The molecule has 1 N–H and O–H groups in total. The summed E-state index contributed by atoms with van der Waals surface area (Å²) in [4.78, 5) is 14.7. The third kappa shape index (κ3) is 4.59. The van der Waals surface area contributed by atoms with Gasteiger partial charge >= 0.3 is 0 Å². The van der Waals surface area contributed by atoms with Gasteiger partial charge in [0.15, 0.2) is 11.5 Å². The number of carbonyl (C=O) groups excluding carboxylic acids is 1. The Morgan fingerprint density at radius 1 is 1.13 bits per heavy atom. The molecule has 2 aromatic carbocycles. The number of ether oxygens (including phenoxy) is 3. The van der Waals surface area contributed by atoms with Crippen LogP contribution in [0.1, 0.15) is 23.2 Å². The third-order valence-corrected chi connectivity index (χ3v) is 6.84. The molecule has 8 nitrogen and oxygen atoms in total. The van der Waals surface area contributed by atoms with Gasteiger partial charge in [-0.3, -0.25) is 4.79 Å². The van der Waals surface area contributed by atoms with Crippen LogP contribution in [0.15, 0.2) is 41.3 Å². The topological polar surface area (TPSA) is 94.2 Å². The summed E-state index contributed by atoms with van der Waals surface area (Å²) in [7, 11) is -2.25. The summed E-state index contributed by atoms with van der Waals surface area (Å²) in [6.45, 7) is 1.60. The molecule has 0 saturated carbocycles.